The summed E-state index contributed by atoms with van der Waals surface area (Å²) >= 11 is 6.00. The van der Waals surface area contributed by atoms with Gasteiger partial charge in [0.05, 0.1) is 17.3 Å². The molecule has 1 aliphatic heterocycles. The monoisotopic (exact) mass is 281 g/mol. The topological polar surface area (TPSA) is 58.4 Å². The van der Waals surface area contributed by atoms with Gasteiger partial charge in [-0.2, -0.15) is 0 Å². The van der Waals surface area contributed by atoms with Gasteiger partial charge in [0.25, 0.3) is 0 Å². The first-order chi connectivity index (χ1) is 9.06. The van der Waals surface area contributed by atoms with E-state index < -0.39 is 0 Å². The van der Waals surface area contributed by atoms with E-state index in [0.717, 1.165) is 19.5 Å². The molecule has 0 saturated carbocycles. The summed E-state index contributed by atoms with van der Waals surface area (Å²) in [7, 11) is 0. The molecule has 19 heavy (non-hydrogen) atoms. The minimum atomic E-state index is -0.0292. The summed E-state index contributed by atoms with van der Waals surface area (Å²) in [5, 5.41) is 3.40. The van der Waals surface area contributed by atoms with Crippen molar-refractivity contribution in [1.29, 1.82) is 0 Å². The fraction of sp³-hybridized carbons (Fsp3) is 0.500. The maximum atomic E-state index is 12.0. The van der Waals surface area contributed by atoms with Crippen molar-refractivity contribution in [3.63, 3.8) is 0 Å². The van der Waals surface area contributed by atoms with Crippen LogP contribution < -0.4 is 11.1 Å². The lowest BCUT2D eigenvalue weighted by molar-refractivity contribution is -0.117. The van der Waals surface area contributed by atoms with E-state index >= 15 is 0 Å². The fourth-order valence-electron chi connectivity index (χ4n) is 2.39. The summed E-state index contributed by atoms with van der Waals surface area (Å²) < 4.78 is 0. The molecule has 1 saturated heterocycles. The number of nitrogens with two attached hydrogens (primary N) is 1. The minimum Gasteiger partial charge on any atom is -0.328 e. The van der Waals surface area contributed by atoms with Crippen molar-refractivity contribution in [3.8, 4) is 0 Å². The summed E-state index contributed by atoms with van der Waals surface area (Å²) in [5.41, 5.74) is 6.55. The van der Waals surface area contributed by atoms with Crippen LogP contribution in [-0.2, 0) is 4.79 Å². The van der Waals surface area contributed by atoms with Crippen LogP contribution in [-0.4, -0.2) is 36.5 Å². The Morgan fingerprint density at radius 3 is 2.95 bits per heavy atom. The molecule has 0 radical (unpaired) electrons. The molecule has 5 heteroatoms. The number of anilines is 1. The lowest BCUT2D eigenvalue weighted by Gasteiger charge is -2.17. The quantitative estimate of drug-likeness (QED) is 0.887. The van der Waals surface area contributed by atoms with Gasteiger partial charge in [-0.1, -0.05) is 23.7 Å². The van der Waals surface area contributed by atoms with Gasteiger partial charge in [0, 0.05) is 12.6 Å². The third-order valence-electron chi connectivity index (χ3n) is 3.57. The van der Waals surface area contributed by atoms with E-state index in [-0.39, 0.29) is 11.9 Å². The van der Waals surface area contributed by atoms with Crippen molar-refractivity contribution < 1.29 is 4.79 Å². The van der Waals surface area contributed by atoms with Crippen LogP contribution in [0.25, 0.3) is 0 Å². The number of nitrogens with one attached hydrogen (secondary N) is 1. The normalized spacial score (nSPS) is 21.3. The molecule has 104 valence electrons. The molecule has 1 amide bonds. The number of carbonyl (C=O) groups excluding carboxylic acids is 1. The lowest BCUT2D eigenvalue weighted by atomic mass is 10.0. The van der Waals surface area contributed by atoms with E-state index in [1.165, 1.54) is 0 Å². The number of hydrogen-bond donors (Lipinski definition) is 2. The first-order valence-electron chi connectivity index (χ1n) is 6.58. The average Bonchev–Trinajstić information content (AvgIpc) is 2.80. The molecule has 2 atom stereocenters. The van der Waals surface area contributed by atoms with Crippen LogP contribution in [0.3, 0.4) is 0 Å². The number of nitrogens with zero attached hydrogens (tertiary/aromatic N) is 1. The second kappa shape index (κ2) is 6.37. The molecular weight excluding hydrogens is 262 g/mol. The molecule has 1 aliphatic rings. The average molecular weight is 282 g/mol. The zero-order valence-electron chi connectivity index (χ0n) is 11.1. The zero-order chi connectivity index (χ0) is 13.8. The smallest absolute Gasteiger partial charge is 0.238 e. The summed E-state index contributed by atoms with van der Waals surface area (Å²) in [5.74, 6) is 0.464. The molecule has 0 spiro atoms. The van der Waals surface area contributed by atoms with E-state index in [2.05, 4.69) is 10.2 Å². The highest BCUT2D eigenvalue weighted by Gasteiger charge is 2.26. The van der Waals surface area contributed by atoms with Gasteiger partial charge in [-0.15, -0.1) is 0 Å². The number of rotatable bonds is 4. The molecule has 1 aromatic rings. The molecule has 1 aromatic carbocycles. The number of halogens is 1. The molecule has 2 unspecified atom stereocenters. The predicted octanol–water partition coefficient (Wildman–Crippen LogP) is 1.95. The maximum Gasteiger partial charge on any atom is 0.238 e. The third kappa shape index (κ3) is 3.93. The minimum absolute atomic E-state index is 0.0292. The summed E-state index contributed by atoms with van der Waals surface area (Å²) in [4.78, 5) is 14.1. The molecule has 1 fully saturated rings. The number of carbonyl (C=O) groups is 1. The van der Waals surface area contributed by atoms with Gasteiger partial charge in [-0.3, -0.25) is 9.69 Å². The number of hydrogen-bond acceptors (Lipinski definition) is 3. The van der Waals surface area contributed by atoms with Crippen LogP contribution in [0.2, 0.25) is 5.02 Å². The molecule has 0 aliphatic carbocycles. The Kier molecular flexibility index (Phi) is 4.80. The Bertz CT molecular complexity index is 450. The van der Waals surface area contributed by atoms with Gasteiger partial charge in [0.1, 0.15) is 0 Å². The summed E-state index contributed by atoms with van der Waals surface area (Å²) in [6, 6.07) is 7.44. The molecule has 0 aromatic heterocycles. The van der Waals surface area contributed by atoms with E-state index in [9.17, 15) is 4.79 Å². The van der Waals surface area contributed by atoms with Gasteiger partial charge in [-0.25, -0.2) is 0 Å². The molecular formula is C14H20ClN3O. The van der Waals surface area contributed by atoms with Crippen LogP contribution in [0.5, 0.6) is 0 Å². The molecule has 1 heterocycles. The zero-order valence-corrected chi connectivity index (χ0v) is 11.9. The highest BCUT2D eigenvalue weighted by Crippen LogP contribution is 2.21. The van der Waals surface area contributed by atoms with Crippen molar-refractivity contribution in [2.75, 3.05) is 25.0 Å². The molecule has 0 bridgehead atoms. The van der Waals surface area contributed by atoms with Crippen LogP contribution in [0.4, 0.5) is 5.69 Å². The number of para-hydroxylation sites is 1. The van der Waals surface area contributed by atoms with Gasteiger partial charge in [0.15, 0.2) is 0 Å². The second-order valence-corrected chi connectivity index (χ2v) is 5.58. The molecule has 4 nitrogen and oxygen atoms in total. The Balaban J connectivity index is 1.84. The third-order valence-corrected chi connectivity index (χ3v) is 3.90. The SMILES string of the molecule is CC(N)C1CCN(CC(=O)Nc2ccccc2Cl)C1. The number of benzene rings is 1. The number of likely N-dealkylation sites (tertiary alicyclic amines) is 1. The Labute approximate surface area is 118 Å². The van der Waals surface area contributed by atoms with Crippen molar-refractivity contribution in [2.24, 2.45) is 11.7 Å². The molecule has 3 N–H and O–H groups in total. The largest absolute Gasteiger partial charge is 0.328 e. The van der Waals surface area contributed by atoms with Crippen LogP contribution in [0.15, 0.2) is 24.3 Å². The van der Waals surface area contributed by atoms with Gasteiger partial charge in [-0.05, 0) is 37.9 Å². The first-order valence-corrected chi connectivity index (χ1v) is 6.96. The summed E-state index contributed by atoms with van der Waals surface area (Å²) in [6.07, 6.45) is 1.07. The Morgan fingerprint density at radius 2 is 2.32 bits per heavy atom. The summed E-state index contributed by atoms with van der Waals surface area (Å²) in [6.45, 7) is 4.25. The Hall–Kier alpha value is -1.10. The lowest BCUT2D eigenvalue weighted by Crippen LogP contribution is -2.34. The standard InChI is InChI=1S/C14H20ClN3O/c1-10(16)11-6-7-18(8-11)9-14(19)17-13-5-3-2-4-12(13)15/h2-5,10-11H,6-9,16H2,1H3,(H,17,19). The molecule has 2 rings (SSSR count). The fourth-order valence-corrected chi connectivity index (χ4v) is 2.57. The van der Waals surface area contributed by atoms with Crippen LogP contribution in [0.1, 0.15) is 13.3 Å². The van der Waals surface area contributed by atoms with Crippen molar-refractivity contribution in [1.82, 2.24) is 4.90 Å². The van der Waals surface area contributed by atoms with Crippen molar-refractivity contribution in [3.05, 3.63) is 29.3 Å². The van der Waals surface area contributed by atoms with Crippen LogP contribution >= 0.6 is 11.6 Å². The van der Waals surface area contributed by atoms with Crippen LogP contribution in [0, 0.1) is 5.92 Å². The van der Waals surface area contributed by atoms with Gasteiger partial charge < -0.3 is 11.1 Å². The first kappa shape index (κ1) is 14.3. The van der Waals surface area contributed by atoms with Gasteiger partial charge >= 0.3 is 0 Å². The van der Waals surface area contributed by atoms with Crippen molar-refractivity contribution >= 4 is 23.2 Å². The van der Waals surface area contributed by atoms with Crippen molar-refractivity contribution in [2.45, 2.75) is 19.4 Å². The highest BCUT2D eigenvalue weighted by molar-refractivity contribution is 6.33. The van der Waals surface area contributed by atoms with E-state index in [1.54, 1.807) is 12.1 Å². The van der Waals surface area contributed by atoms with E-state index in [0.29, 0.717) is 23.2 Å². The van der Waals surface area contributed by atoms with E-state index in [1.807, 2.05) is 19.1 Å². The number of amides is 1. The van der Waals surface area contributed by atoms with E-state index in [4.69, 9.17) is 17.3 Å². The van der Waals surface area contributed by atoms with Gasteiger partial charge in [0.2, 0.25) is 5.91 Å². The second-order valence-electron chi connectivity index (χ2n) is 5.17. The maximum absolute atomic E-state index is 12.0. The predicted molar refractivity (Wildman–Crippen MR) is 78.3 cm³/mol. The Morgan fingerprint density at radius 1 is 1.58 bits per heavy atom. The highest BCUT2D eigenvalue weighted by atomic mass is 35.5.